The zero-order valence-electron chi connectivity index (χ0n) is 19.9. The molecule has 2 unspecified atom stereocenters. The highest BCUT2D eigenvalue weighted by molar-refractivity contribution is 6.18. The molecule has 0 bridgehead atoms. The standard InChI is InChI=1S/C27H28N2O5/c1-16(19-12-8-10-18-9-6-7-11-20(18)19)28-15-22-17(2)29(27(31)34-5)23-14-25(33-4)24(32-3)13-21(23)26(22)30/h6-17,28H,1-5H3. The van der Waals surface area contributed by atoms with Crippen LogP contribution in [0.25, 0.3) is 10.8 Å². The van der Waals surface area contributed by atoms with Crippen LogP contribution in [0.3, 0.4) is 0 Å². The molecule has 34 heavy (non-hydrogen) atoms. The Morgan fingerprint density at radius 3 is 2.41 bits per heavy atom. The highest BCUT2D eigenvalue weighted by Gasteiger charge is 2.38. The molecule has 3 aromatic rings. The van der Waals surface area contributed by atoms with Crippen LogP contribution in [0.5, 0.6) is 11.5 Å². The fraction of sp³-hybridized carbons (Fsp3) is 0.259. The number of hydrogen-bond donors (Lipinski definition) is 1. The largest absolute Gasteiger partial charge is 0.493 e. The molecule has 1 aliphatic heterocycles. The quantitative estimate of drug-likeness (QED) is 0.524. The summed E-state index contributed by atoms with van der Waals surface area (Å²) in [7, 11) is 4.32. The van der Waals surface area contributed by atoms with Crippen molar-refractivity contribution in [3.63, 3.8) is 0 Å². The van der Waals surface area contributed by atoms with Crippen molar-refractivity contribution >= 4 is 28.3 Å². The van der Waals surface area contributed by atoms with Gasteiger partial charge in [-0.15, -0.1) is 0 Å². The number of nitrogens with one attached hydrogen (secondary N) is 1. The fourth-order valence-electron chi connectivity index (χ4n) is 4.42. The van der Waals surface area contributed by atoms with Crippen molar-refractivity contribution in [2.75, 3.05) is 26.2 Å². The molecule has 2 atom stereocenters. The third-order valence-corrected chi connectivity index (χ3v) is 6.26. The summed E-state index contributed by atoms with van der Waals surface area (Å²) in [4.78, 5) is 27.7. The van der Waals surface area contributed by atoms with E-state index < -0.39 is 12.1 Å². The van der Waals surface area contributed by atoms with Gasteiger partial charge >= 0.3 is 6.09 Å². The Kier molecular flexibility index (Phi) is 6.45. The first-order valence-corrected chi connectivity index (χ1v) is 11.0. The molecular weight excluding hydrogens is 432 g/mol. The molecule has 7 nitrogen and oxygen atoms in total. The van der Waals surface area contributed by atoms with E-state index in [4.69, 9.17) is 14.2 Å². The molecule has 0 aliphatic carbocycles. The lowest BCUT2D eigenvalue weighted by molar-refractivity contribution is 0.102. The molecule has 3 aromatic carbocycles. The summed E-state index contributed by atoms with van der Waals surface area (Å²) in [6.07, 6.45) is 1.14. The molecule has 0 fully saturated rings. The second kappa shape index (κ2) is 9.47. The van der Waals surface area contributed by atoms with Crippen LogP contribution in [-0.4, -0.2) is 39.2 Å². The Morgan fingerprint density at radius 1 is 1.03 bits per heavy atom. The number of Topliss-reactive ketones (excluding diaryl/α,β-unsaturated/α-hetero) is 1. The van der Waals surface area contributed by atoms with Crippen molar-refractivity contribution in [1.29, 1.82) is 0 Å². The molecule has 1 N–H and O–H groups in total. The van der Waals surface area contributed by atoms with E-state index in [1.54, 1.807) is 25.3 Å². The van der Waals surface area contributed by atoms with Crippen LogP contribution in [0.15, 0.2) is 66.4 Å². The lowest BCUT2D eigenvalue weighted by atomic mass is 9.90. The predicted octanol–water partition coefficient (Wildman–Crippen LogP) is 5.25. The van der Waals surface area contributed by atoms with E-state index in [0.29, 0.717) is 28.3 Å². The molecule has 0 aromatic heterocycles. The lowest BCUT2D eigenvalue weighted by Gasteiger charge is -2.35. The molecule has 4 rings (SSSR count). The second-order valence-corrected chi connectivity index (χ2v) is 8.13. The smallest absolute Gasteiger partial charge is 0.414 e. The Balaban J connectivity index is 1.75. The third-order valence-electron chi connectivity index (χ3n) is 6.26. The average molecular weight is 461 g/mol. The number of ether oxygens (including phenoxy) is 3. The van der Waals surface area contributed by atoms with E-state index in [0.717, 1.165) is 16.3 Å². The van der Waals surface area contributed by atoms with Crippen molar-refractivity contribution < 1.29 is 23.8 Å². The van der Waals surface area contributed by atoms with Gasteiger partial charge in [-0.25, -0.2) is 4.79 Å². The summed E-state index contributed by atoms with van der Waals surface area (Å²) in [6, 6.07) is 16.9. The summed E-state index contributed by atoms with van der Waals surface area (Å²) >= 11 is 0. The third kappa shape index (κ3) is 3.94. The van der Waals surface area contributed by atoms with E-state index in [-0.39, 0.29) is 11.8 Å². The van der Waals surface area contributed by atoms with Crippen LogP contribution in [0.2, 0.25) is 0 Å². The normalized spacial score (nSPS) is 17.3. The molecule has 0 radical (unpaired) electrons. The van der Waals surface area contributed by atoms with E-state index in [9.17, 15) is 9.59 Å². The van der Waals surface area contributed by atoms with Crippen molar-refractivity contribution in [3.05, 3.63) is 77.5 Å². The van der Waals surface area contributed by atoms with Crippen molar-refractivity contribution in [3.8, 4) is 11.5 Å². The second-order valence-electron chi connectivity index (χ2n) is 8.13. The molecule has 0 spiro atoms. The van der Waals surface area contributed by atoms with Crippen LogP contribution in [0, 0.1) is 0 Å². The number of rotatable bonds is 5. The number of fused-ring (bicyclic) bond motifs is 2. The first-order valence-electron chi connectivity index (χ1n) is 11.0. The maximum atomic E-state index is 13.5. The van der Waals surface area contributed by atoms with Crippen LogP contribution in [0.4, 0.5) is 10.5 Å². The van der Waals surface area contributed by atoms with E-state index in [2.05, 4.69) is 29.6 Å². The van der Waals surface area contributed by atoms with Crippen molar-refractivity contribution in [1.82, 2.24) is 5.32 Å². The number of amides is 1. The zero-order valence-corrected chi connectivity index (χ0v) is 19.9. The average Bonchev–Trinajstić information content (AvgIpc) is 2.87. The van der Waals surface area contributed by atoms with Gasteiger partial charge < -0.3 is 19.5 Å². The topological polar surface area (TPSA) is 77.1 Å². The number of carbonyl (C=O) groups excluding carboxylic acids is 2. The van der Waals surface area contributed by atoms with Gasteiger partial charge in [0.2, 0.25) is 0 Å². The number of nitrogens with zero attached hydrogens (tertiary/aromatic N) is 1. The van der Waals surface area contributed by atoms with Crippen molar-refractivity contribution in [2.24, 2.45) is 0 Å². The maximum Gasteiger partial charge on any atom is 0.414 e. The van der Waals surface area contributed by atoms with Gasteiger partial charge in [-0.2, -0.15) is 0 Å². The van der Waals surface area contributed by atoms with Gasteiger partial charge in [-0.3, -0.25) is 9.69 Å². The monoisotopic (exact) mass is 460 g/mol. The Bertz CT molecular complexity index is 1280. The van der Waals surface area contributed by atoms with Crippen LogP contribution < -0.4 is 19.7 Å². The summed E-state index contributed by atoms with van der Waals surface area (Å²) in [5.41, 5.74) is 2.31. The number of benzene rings is 3. The Hall–Kier alpha value is -4.00. The number of hydrogen-bond acceptors (Lipinski definition) is 6. The minimum Gasteiger partial charge on any atom is -0.493 e. The first-order chi connectivity index (χ1) is 16.4. The van der Waals surface area contributed by atoms with Gasteiger partial charge in [0, 0.05) is 23.9 Å². The highest BCUT2D eigenvalue weighted by atomic mass is 16.5. The Labute approximate surface area is 198 Å². The molecule has 0 saturated carbocycles. The summed E-state index contributed by atoms with van der Waals surface area (Å²) < 4.78 is 15.8. The molecule has 1 aliphatic rings. The van der Waals surface area contributed by atoms with Gasteiger partial charge in [0.15, 0.2) is 17.3 Å². The van der Waals surface area contributed by atoms with Crippen LogP contribution in [-0.2, 0) is 4.74 Å². The number of carbonyl (C=O) groups is 2. The molecule has 0 saturated heterocycles. The van der Waals surface area contributed by atoms with E-state index >= 15 is 0 Å². The highest BCUT2D eigenvalue weighted by Crippen LogP contribution is 2.41. The lowest BCUT2D eigenvalue weighted by Crippen LogP contribution is -2.46. The first kappa shape index (κ1) is 23.2. The number of ketones is 1. The van der Waals surface area contributed by atoms with Gasteiger partial charge in [-0.1, -0.05) is 42.5 Å². The zero-order chi connectivity index (χ0) is 24.4. The minimum atomic E-state index is -0.568. The van der Waals surface area contributed by atoms with Gasteiger partial charge in [0.25, 0.3) is 0 Å². The maximum absolute atomic E-state index is 13.5. The van der Waals surface area contributed by atoms with E-state index in [1.807, 2.05) is 25.1 Å². The molecular formula is C27H28N2O5. The van der Waals surface area contributed by atoms with E-state index in [1.165, 1.54) is 26.2 Å². The molecule has 1 amide bonds. The molecule has 176 valence electrons. The summed E-state index contributed by atoms with van der Waals surface area (Å²) in [6.45, 7) is 3.83. The Morgan fingerprint density at radius 2 is 1.71 bits per heavy atom. The summed E-state index contributed by atoms with van der Waals surface area (Å²) in [5.74, 6) is 0.636. The van der Waals surface area contributed by atoms with Gasteiger partial charge in [0.1, 0.15) is 0 Å². The number of anilines is 1. The van der Waals surface area contributed by atoms with Crippen LogP contribution >= 0.6 is 0 Å². The van der Waals surface area contributed by atoms with Crippen molar-refractivity contribution in [2.45, 2.75) is 25.9 Å². The fourth-order valence-corrected chi connectivity index (χ4v) is 4.42. The minimum absolute atomic E-state index is 0.0722. The molecule has 1 heterocycles. The van der Waals surface area contributed by atoms with Gasteiger partial charge in [0.05, 0.1) is 38.6 Å². The SMILES string of the molecule is COC(=O)N1c2cc(OC)c(OC)cc2C(=O)C(=CNC(C)c2cccc3ccccc23)C1C. The van der Waals surface area contributed by atoms with Gasteiger partial charge in [-0.05, 0) is 36.2 Å². The molecule has 7 heteroatoms. The van der Waals surface area contributed by atoms with Crippen LogP contribution in [0.1, 0.15) is 35.8 Å². The number of methoxy groups -OCH3 is 3. The predicted molar refractivity (Wildman–Crippen MR) is 132 cm³/mol. The summed E-state index contributed by atoms with van der Waals surface area (Å²) in [5, 5.41) is 5.66.